The van der Waals surface area contributed by atoms with Crippen molar-refractivity contribution in [1.29, 1.82) is 0 Å². The van der Waals surface area contributed by atoms with Gasteiger partial charge in [0.1, 0.15) is 0 Å². The molecule has 0 N–H and O–H groups in total. The minimum atomic E-state index is 0.263. The molecule has 0 unspecified atom stereocenters. The molecular formula is C11H19N. The van der Waals surface area contributed by atoms with Gasteiger partial charge in [0.15, 0.2) is 0 Å². The standard InChI is InChI=1S/C11H19N/c1-8(2)9-6-12-7-10(9)11(3,4)5/h7-8H,6H2,1-5H3. The molecule has 68 valence electrons. The Balaban J connectivity index is 2.98. The van der Waals surface area contributed by atoms with E-state index in [9.17, 15) is 0 Å². The van der Waals surface area contributed by atoms with Crippen molar-refractivity contribution in [2.75, 3.05) is 6.54 Å². The van der Waals surface area contributed by atoms with E-state index < -0.39 is 0 Å². The Bertz CT molecular complexity index is 226. The lowest BCUT2D eigenvalue weighted by atomic mass is 9.82. The van der Waals surface area contributed by atoms with Crippen molar-refractivity contribution in [3.05, 3.63) is 11.1 Å². The fraction of sp³-hybridized carbons (Fsp3) is 0.727. The summed E-state index contributed by atoms with van der Waals surface area (Å²) < 4.78 is 0. The third-order valence-corrected chi connectivity index (χ3v) is 2.33. The van der Waals surface area contributed by atoms with Crippen molar-refractivity contribution in [3.63, 3.8) is 0 Å². The van der Waals surface area contributed by atoms with Gasteiger partial charge in [-0.15, -0.1) is 0 Å². The van der Waals surface area contributed by atoms with Gasteiger partial charge in [-0.3, -0.25) is 4.99 Å². The Morgan fingerprint density at radius 3 is 2.25 bits per heavy atom. The predicted octanol–water partition coefficient (Wildman–Crippen LogP) is 3.07. The monoisotopic (exact) mass is 165 g/mol. The van der Waals surface area contributed by atoms with Crippen LogP contribution in [0.15, 0.2) is 16.1 Å². The first-order chi connectivity index (χ1) is 5.43. The second-order valence-corrected chi connectivity index (χ2v) is 4.81. The van der Waals surface area contributed by atoms with Crippen molar-refractivity contribution in [1.82, 2.24) is 0 Å². The molecule has 1 rings (SSSR count). The third kappa shape index (κ3) is 1.77. The summed E-state index contributed by atoms with van der Waals surface area (Å²) in [5.41, 5.74) is 3.22. The van der Waals surface area contributed by atoms with Crippen LogP contribution in [-0.4, -0.2) is 12.8 Å². The van der Waals surface area contributed by atoms with E-state index in [0.717, 1.165) is 6.54 Å². The zero-order chi connectivity index (χ0) is 9.35. The van der Waals surface area contributed by atoms with Crippen LogP contribution >= 0.6 is 0 Å². The quantitative estimate of drug-likeness (QED) is 0.566. The molecule has 0 bridgehead atoms. The van der Waals surface area contributed by atoms with Gasteiger partial charge in [-0.2, -0.15) is 0 Å². The first kappa shape index (κ1) is 9.50. The van der Waals surface area contributed by atoms with Crippen LogP contribution in [0.1, 0.15) is 34.6 Å². The summed E-state index contributed by atoms with van der Waals surface area (Å²) in [7, 11) is 0. The number of allylic oxidation sites excluding steroid dienone is 1. The second-order valence-electron chi connectivity index (χ2n) is 4.81. The summed E-state index contributed by atoms with van der Waals surface area (Å²) >= 11 is 0. The number of aliphatic imine (C=N–C) groups is 1. The van der Waals surface area contributed by atoms with Crippen LogP contribution in [0.3, 0.4) is 0 Å². The van der Waals surface area contributed by atoms with Crippen LogP contribution < -0.4 is 0 Å². The van der Waals surface area contributed by atoms with E-state index >= 15 is 0 Å². The number of rotatable bonds is 1. The molecule has 0 fully saturated rings. The van der Waals surface area contributed by atoms with E-state index in [1.54, 1.807) is 0 Å². The van der Waals surface area contributed by atoms with Gasteiger partial charge in [0.05, 0.1) is 6.54 Å². The van der Waals surface area contributed by atoms with Gasteiger partial charge < -0.3 is 0 Å². The molecule has 1 heteroatoms. The summed E-state index contributed by atoms with van der Waals surface area (Å²) in [6.07, 6.45) is 2.05. The van der Waals surface area contributed by atoms with Gasteiger partial charge in [-0.1, -0.05) is 34.6 Å². The zero-order valence-electron chi connectivity index (χ0n) is 8.81. The summed E-state index contributed by atoms with van der Waals surface area (Å²) in [6.45, 7) is 12.2. The lowest BCUT2D eigenvalue weighted by Gasteiger charge is -2.22. The highest BCUT2D eigenvalue weighted by Crippen LogP contribution is 2.32. The van der Waals surface area contributed by atoms with Gasteiger partial charge in [-0.05, 0) is 22.5 Å². The topological polar surface area (TPSA) is 12.4 Å². The van der Waals surface area contributed by atoms with Crippen molar-refractivity contribution in [2.45, 2.75) is 34.6 Å². The Hall–Kier alpha value is -0.590. The molecule has 0 spiro atoms. The highest BCUT2D eigenvalue weighted by atomic mass is 14.7. The van der Waals surface area contributed by atoms with E-state index in [1.165, 1.54) is 11.1 Å². The number of hydrogen-bond acceptors (Lipinski definition) is 1. The fourth-order valence-corrected chi connectivity index (χ4v) is 1.57. The highest BCUT2D eigenvalue weighted by molar-refractivity contribution is 5.84. The smallest absolute Gasteiger partial charge is 0.0608 e. The molecule has 12 heavy (non-hydrogen) atoms. The Morgan fingerprint density at radius 2 is 1.92 bits per heavy atom. The number of hydrogen-bond donors (Lipinski definition) is 0. The summed E-state index contributed by atoms with van der Waals surface area (Å²) in [5, 5.41) is 0. The minimum Gasteiger partial charge on any atom is -0.288 e. The average molecular weight is 165 g/mol. The van der Waals surface area contributed by atoms with Crippen LogP contribution in [0.25, 0.3) is 0 Å². The van der Waals surface area contributed by atoms with Gasteiger partial charge in [0.25, 0.3) is 0 Å². The van der Waals surface area contributed by atoms with Gasteiger partial charge >= 0.3 is 0 Å². The van der Waals surface area contributed by atoms with Crippen LogP contribution in [0, 0.1) is 11.3 Å². The minimum absolute atomic E-state index is 0.263. The molecule has 1 aliphatic heterocycles. The molecule has 0 aromatic carbocycles. The van der Waals surface area contributed by atoms with E-state index in [4.69, 9.17) is 0 Å². The first-order valence-corrected chi connectivity index (χ1v) is 4.66. The maximum Gasteiger partial charge on any atom is 0.0608 e. The summed E-state index contributed by atoms with van der Waals surface area (Å²) in [5.74, 6) is 0.640. The highest BCUT2D eigenvalue weighted by Gasteiger charge is 2.23. The van der Waals surface area contributed by atoms with Gasteiger partial charge in [0.2, 0.25) is 0 Å². The van der Waals surface area contributed by atoms with Crippen LogP contribution in [0.5, 0.6) is 0 Å². The molecule has 0 aromatic rings. The maximum atomic E-state index is 4.33. The lowest BCUT2D eigenvalue weighted by Crippen LogP contribution is -2.13. The van der Waals surface area contributed by atoms with E-state index in [-0.39, 0.29) is 5.41 Å². The molecule has 0 saturated heterocycles. The normalized spacial score (nSPS) is 18.2. The predicted molar refractivity (Wildman–Crippen MR) is 54.7 cm³/mol. The molecule has 1 heterocycles. The van der Waals surface area contributed by atoms with Gasteiger partial charge in [0, 0.05) is 6.21 Å². The van der Waals surface area contributed by atoms with Crippen molar-refractivity contribution in [2.24, 2.45) is 16.3 Å². The Morgan fingerprint density at radius 1 is 1.33 bits per heavy atom. The van der Waals surface area contributed by atoms with Crippen molar-refractivity contribution >= 4 is 6.21 Å². The number of nitrogens with zero attached hydrogens (tertiary/aromatic N) is 1. The van der Waals surface area contributed by atoms with Gasteiger partial charge in [-0.25, -0.2) is 0 Å². The summed E-state index contributed by atoms with van der Waals surface area (Å²) in [4.78, 5) is 4.33. The lowest BCUT2D eigenvalue weighted by molar-refractivity contribution is 0.515. The van der Waals surface area contributed by atoms with E-state index in [1.807, 2.05) is 0 Å². The summed E-state index contributed by atoms with van der Waals surface area (Å²) in [6, 6.07) is 0. The maximum absolute atomic E-state index is 4.33. The van der Waals surface area contributed by atoms with Crippen molar-refractivity contribution < 1.29 is 0 Å². The molecule has 0 amide bonds. The van der Waals surface area contributed by atoms with Crippen molar-refractivity contribution in [3.8, 4) is 0 Å². The molecule has 1 nitrogen and oxygen atoms in total. The van der Waals surface area contributed by atoms with Crippen LogP contribution in [0.4, 0.5) is 0 Å². The molecule has 1 aliphatic rings. The Labute approximate surface area is 75.6 Å². The zero-order valence-corrected chi connectivity index (χ0v) is 8.81. The van der Waals surface area contributed by atoms with E-state index in [2.05, 4.69) is 45.8 Å². The molecule has 0 aliphatic carbocycles. The van der Waals surface area contributed by atoms with Crippen LogP contribution in [0.2, 0.25) is 0 Å². The third-order valence-electron chi connectivity index (χ3n) is 2.33. The second kappa shape index (κ2) is 3.04. The fourth-order valence-electron chi connectivity index (χ4n) is 1.57. The van der Waals surface area contributed by atoms with E-state index in [0.29, 0.717) is 5.92 Å². The molecule has 0 saturated carbocycles. The average Bonchev–Trinajstić information content (AvgIpc) is 2.30. The SMILES string of the molecule is CC(C)C1=C(C(C)(C)C)C=NC1. The molecular weight excluding hydrogens is 146 g/mol. The molecule has 0 radical (unpaired) electrons. The first-order valence-electron chi connectivity index (χ1n) is 4.66. The van der Waals surface area contributed by atoms with Crippen LogP contribution in [-0.2, 0) is 0 Å². The molecule has 0 aromatic heterocycles. The Kier molecular flexibility index (Phi) is 2.41. The largest absolute Gasteiger partial charge is 0.288 e. The molecule has 0 atom stereocenters.